The molecule has 210 valence electrons. The molecule has 4 nitrogen and oxygen atoms in total. The minimum absolute atomic E-state index is 0.0727. The number of rotatable bonds is 1. The van der Waals surface area contributed by atoms with Crippen molar-refractivity contribution in [2.75, 3.05) is 11.9 Å². The summed E-state index contributed by atoms with van der Waals surface area (Å²) in [5.41, 5.74) is 9.61. The van der Waals surface area contributed by atoms with E-state index in [-0.39, 0.29) is 11.5 Å². The molecule has 2 heterocycles. The number of allylic oxidation sites excluding steroid dienone is 4. The smallest absolute Gasteiger partial charge is 0.213 e. The van der Waals surface area contributed by atoms with Crippen LogP contribution in [0.15, 0.2) is 133 Å². The third-order valence-corrected chi connectivity index (χ3v) is 9.00. The van der Waals surface area contributed by atoms with E-state index in [1.54, 1.807) is 12.1 Å². The van der Waals surface area contributed by atoms with Crippen LogP contribution in [-0.4, -0.2) is 17.9 Å². The van der Waals surface area contributed by atoms with Crippen molar-refractivity contribution in [1.82, 2.24) is 0 Å². The van der Waals surface area contributed by atoms with Crippen LogP contribution in [0.3, 0.4) is 0 Å². The van der Waals surface area contributed by atoms with Gasteiger partial charge in [-0.1, -0.05) is 84.9 Å². The van der Waals surface area contributed by atoms with Crippen LogP contribution in [0.4, 0.5) is 11.4 Å². The van der Waals surface area contributed by atoms with Crippen molar-refractivity contribution in [2.24, 2.45) is 7.05 Å². The number of aryl methyl sites for hydroxylation is 1. The van der Waals surface area contributed by atoms with Crippen molar-refractivity contribution >= 4 is 55.7 Å². The number of aromatic hydroxyl groups is 1. The SMILES string of the molecule is CN1c2ccccc2C(=c2cccc(O)c2=C2C(=O)C=CC=C2c2c3ccccc3[n+](C)c3ccccc23)c2ccccc21. The van der Waals surface area contributed by atoms with Gasteiger partial charge in [0, 0.05) is 63.6 Å². The number of benzene rings is 5. The lowest BCUT2D eigenvalue weighted by molar-refractivity contribution is -0.617. The summed E-state index contributed by atoms with van der Waals surface area (Å²) in [6.07, 6.45) is 5.44. The van der Waals surface area contributed by atoms with Crippen molar-refractivity contribution in [3.05, 3.63) is 161 Å². The minimum Gasteiger partial charge on any atom is -0.507 e. The van der Waals surface area contributed by atoms with Crippen LogP contribution in [0.1, 0.15) is 16.7 Å². The van der Waals surface area contributed by atoms with Gasteiger partial charge in [-0.15, -0.1) is 0 Å². The highest BCUT2D eigenvalue weighted by atomic mass is 16.3. The number of fused-ring (bicyclic) bond motifs is 4. The second kappa shape index (κ2) is 9.92. The molecule has 0 atom stereocenters. The molecule has 0 fully saturated rings. The van der Waals surface area contributed by atoms with Crippen LogP contribution in [0.5, 0.6) is 5.75 Å². The van der Waals surface area contributed by atoms with E-state index in [0.717, 1.165) is 66.2 Å². The van der Waals surface area contributed by atoms with Gasteiger partial charge in [0.15, 0.2) is 5.78 Å². The summed E-state index contributed by atoms with van der Waals surface area (Å²) >= 11 is 0. The first kappa shape index (κ1) is 25.9. The van der Waals surface area contributed by atoms with E-state index in [9.17, 15) is 9.90 Å². The van der Waals surface area contributed by atoms with E-state index in [2.05, 4.69) is 72.1 Å². The summed E-state index contributed by atoms with van der Waals surface area (Å²) in [5, 5.41) is 15.2. The van der Waals surface area contributed by atoms with Gasteiger partial charge in [-0.2, -0.15) is 4.57 Å². The summed E-state index contributed by atoms with van der Waals surface area (Å²) in [4.78, 5) is 16.3. The zero-order valence-electron chi connectivity index (χ0n) is 24.5. The lowest BCUT2D eigenvalue weighted by atomic mass is 9.83. The van der Waals surface area contributed by atoms with Crippen molar-refractivity contribution < 1.29 is 14.5 Å². The van der Waals surface area contributed by atoms with E-state index in [1.165, 1.54) is 0 Å². The summed E-state index contributed by atoms with van der Waals surface area (Å²) in [5.74, 6) is -0.0646. The molecular weight excluding hydrogens is 540 g/mol. The maximum Gasteiger partial charge on any atom is 0.213 e. The maximum absolute atomic E-state index is 14.1. The van der Waals surface area contributed by atoms with Crippen LogP contribution in [-0.2, 0) is 11.8 Å². The zero-order chi connectivity index (χ0) is 29.9. The first-order chi connectivity index (χ1) is 21.5. The van der Waals surface area contributed by atoms with Crippen LogP contribution >= 0.6 is 0 Å². The van der Waals surface area contributed by atoms with Gasteiger partial charge in [-0.25, -0.2) is 0 Å². The predicted octanol–water partition coefficient (Wildman–Crippen LogP) is 6.22. The molecule has 2 aliphatic rings. The van der Waals surface area contributed by atoms with Crippen molar-refractivity contribution in [3.8, 4) is 5.75 Å². The van der Waals surface area contributed by atoms with E-state index in [0.29, 0.717) is 10.8 Å². The Balaban J connectivity index is 1.59. The van der Waals surface area contributed by atoms with Crippen molar-refractivity contribution in [2.45, 2.75) is 0 Å². The van der Waals surface area contributed by atoms with E-state index in [4.69, 9.17) is 0 Å². The van der Waals surface area contributed by atoms with Gasteiger partial charge >= 0.3 is 0 Å². The molecule has 0 saturated heterocycles. The highest BCUT2D eigenvalue weighted by Crippen LogP contribution is 2.43. The molecule has 1 aliphatic heterocycles. The van der Waals surface area contributed by atoms with Crippen molar-refractivity contribution in [1.29, 1.82) is 0 Å². The van der Waals surface area contributed by atoms with Crippen molar-refractivity contribution in [3.63, 3.8) is 0 Å². The Bertz CT molecular complexity index is 2290. The second-order valence-electron chi connectivity index (χ2n) is 11.3. The predicted molar refractivity (Wildman–Crippen MR) is 178 cm³/mol. The van der Waals surface area contributed by atoms with Gasteiger partial charge in [0.1, 0.15) is 12.8 Å². The zero-order valence-corrected chi connectivity index (χ0v) is 24.5. The Morgan fingerprint density at radius 2 is 1.23 bits per heavy atom. The Hall–Kier alpha value is -5.74. The quantitative estimate of drug-likeness (QED) is 0.189. The molecule has 0 saturated carbocycles. The third-order valence-electron chi connectivity index (χ3n) is 9.00. The number of nitrogens with zero attached hydrogens (tertiary/aromatic N) is 2. The Morgan fingerprint density at radius 1 is 0.659 bits per heavy atom. The molecule has 44 heavy (non-hydrogen) atoms. The first-order valence-corrected chi connectivity index (χ1v) is 14.8. The fraction of sp³-hybridized carbons (Fsp3) is 0.0500. The van der Waals surface area contributed by atoms with Gasteiger partial charge in [0.25, 0.3) is 0 Å². The molecule has 1 aliphatic carbocycles. The average Bonchev–Trinajstić information content (AvgIpc) is 3.06. The van der Waals surface area contributed by atoms with Crippen LogP contribution in [0.2, 0.25) is 0 Å². The normalized spacial score (nSPS) is 15.4. The summed E-state index contributed by atoms with van der Waals surface area (Å²) in [7, 11) is 4.15. The molecule has 0 spiro atoms. The van der Waals surface area contributed by atoms with Crippen LogP contribution < -0.4 is 19.9 Å². The number of carbonyl (C=O) groups excluding carboxylic acids is 1. The summed E-state index contributed by atoms with van der Waals surface area (Å²) in [6.45, 7) is 0. The number of para-hydroxylation sites is 4. The number of aromatic nitrogens is 1. The molecule has 8 rings (SSSR count). The number of pyridine rings is 1. The monoisotopic (exact) mass is 569 g/mol. The van der Waals surface area contributed by atoms with Crippen LogP contribution in [0, 0.1) is 0 Å². The maximum atomic E-state index is 14.1. The summed E-state index contributed by atoms with van der Waals surface area (Å²) in [6, 6.07) is 38.8. The standard InChI is InChI=1S/C40H28N2O2/c1-41-31-19-7-3-13-25(31)37(26-14-4-8-20-32(26)41)29-17-11-23-35(43)39(29)40-30(18-12-24-36(40)44)38-27-15-5-9-21-33(27)42(2)34-22-10-6-16-28(34)38/h3-24H,1-2H3/p+1. The van der Waals surface area contributed by atoms with E-state index >= 15 is 0 Å². The summed E-state index contributed by atoms with van der Waals surface area (Å²) < 4.78 is 2.20. The molecule has 0 bridgehead atoms. The Kier molecular flexibility index (Phi) is 5.85. The lowest BCUT2D eigenvalue weighted by Crippen LogP contribution is -2.35. The molecule has 4 heteroatoms. The highest BCUT2D eigenvalue weighted by Gasteiger charge is 2.28. The number of anilines is 2. The van der Waals surface area contributed by atoms with Gasteiger partial charge in [-0.3, -0.25) is 4.79 Å². The largest absolute Gasteiger partial charge is 0.507 e. The Morgan fingerprint density at radius 3 is 1.86 bits per heavy atom. The fourth-order valence-electron chi connectivity index (χ4n) is 7.05. The molecule has 1 N–H and O–H groups in total. The molecule has 6 aromatic rings. The van der Waals surface area contributed by atoms with E-state index in [1.807, 2.05) is 72.8 Å². The van der Waals surface area contributed by atoms with Crippen LogP contribution in [0.25, 0.3) is 38.5 Å². The molecule has 5 aromatic carbocycles. The van der Waals surface area contributed by atoms with Gasteiger partial charge in [0.05, 0.1) is 10.8 Å². The molecular formula is C40H29N2O2+. The van der Waals surface area contributed by atoms with Gasteiger partial charge < -0.3 is 10.0 Å². The number of phenols is 1. The number of carbonyl (C=O) groups is 1. The molecule has 0 unspecified atom stereocenters. The molecule has 1 aromatic heterocycles. The number of phenolic OH excluding ortho intramolecular Hbond substituents is 1. The lowest BCUT2D eigenvalue weighted by Gasteiger charge is -2.32. The number of hydrogen-bond donors (Lipinski definition) is 1. The first-order valence-electron chi connectivity index (χ1n) is 14.8. The van der Waals surface area contributed by atoms with Gasteiger partial charge in [-0.05, 0) is 47.2 Å². The Labute approximate surface area is 255 Å². The van der Waals surface area contributed by atoms with Gasteiger partial charge in [0.2, 0.25) is 11.0 Å². The minimum atomic E-state index is -0.137. The fourth-order valence-corrected chi connectivity index (χ4v) is 7.05. The van der Waals surface area contributed by atoms with E-state index < -0.39 is 0 Å². The number of ketones is 1. The topological polar surface area (TPSA) is 44.4 Å². The highest BCUT2D eigenvalue weighted by molar-refractivity contribution is 6.38. The average molecular weight is 570 g/mol. The molecule has 0 radical (unpaired) electrons. The third kappa shape index (κ3) is 3.71. The second-order valence-corrected chi connectivity index (χ2v) is 11.3. The molecule has 0 amide bonds. The number of hydrogen-bond acceptors (Lipinski definition) is 3.